The molecule has 0 radical (unpaired) electrons. The van der Waals surface area contributed by atoms with Gasteiger partial charge in [-0.3, -0.25) is 14.4 Å². The van der Waals surface area contributed by atoms with Gasteiger partial charge in [-0.15, -0.1) is 11.3 Å². The summed E-state index contributed by atoms with van der Waals surface area (Å²) in [4.78, 5) is 37.1. The van der Waals surface area contributed by atoms with E-state index in [1.807, 2.05) is 44.2 Å². The van der Waals surface area contributed by atoms with E-state index >= 15 is 0 Å². The topological polar surface area (TPSA) is 87.3 Å². The predicted molar refractivity (Wildman–Crippen MR) is 98.8 cm³/mol. The highest BCUT2D eigenvalue weighted by atomic mass is 32.1. The molecule has 2 rings (SSSR count). The van der Waals surface area contributed by atoms with Crippen molar-refractivity contribution >= 4 is 34.7 Å². The molecule has 0 fully saturated rings. The zero-order chi connectivity index (χ0) is 18.2. The zero-order valence-corrected chi connectivity index (χ0v) is 15.0. The number of amides is 3. The van der Waals surface area contributed by atoms with Crippen molar-refractivity contribution in [2.45, 2.75) is 20.3 Å². The quantitative estimate of drug-likeness (QED) is 0.707. The molecule has 0 spiro atoms. The van der Waals surface area contributed by atoms with Gasteiger partial charge in [-0.05, 0) is 37.1 Å². The minimum Gasteiger partial charge on any atom is -0.345 e. The smallest absolute Gasteiger partial charge is 0.261 e. The van der Waals surface area contributed by atoms with Crippen molar-refractivity contribution in [3.8, 4) is 0 Å². The number of para-hydroxylation sites is 1. The highest BCUT2D eigenvalue weighted by Gasteiger charge is 2.11. The van der Waals surface area contributed by atoms with E-state index in [1.54, 1.807) is 6.07 Å². The van der Waals surface area contributed by atoms with Crippen molar-refractivity contribution in [1.29, 1.82) is 0 Å². The lowest BCUT2D eigenvalue weighted by Crippen LogP contribution is -2.40. The molecule has 7 heteroatoms. The summed E-state index contributed by atoms with van der Waals surface area (Å²) in [6.45, 7) is 3.59. The maximum atomic E-state index is 11.9. The molecule has 3 N–H and O–H groups in total. The molecule has 0 atom stereocenters. The second-order valence-electron chi connectivity index (χ2n) is 5.43. The van der Waals surface area contributed by atoms with Gasteiger partial charge in [0.15, 0.2) is 0 Å². The Labute approximate surface area is 150 Å². The Morgan fingerprint density at radius 2 is 1.68 bits per heavy atom. The van der Waals surface area contributed by atoms with Gasteiger partial charge in [-0.1, -0.05) is 25.1 Å². The average molecular weight is 359 g/mol. The van der Waals surface area contributed by atoms with Gasteiger partial charge in [-0.25, -0.2) is 0 Å². The summed E-state index contributed by atoms with van der Waals surface area (Å²) in [7, 11) is 0. The fourth-order valence-corrected chi connectivity index (χ4v) is 2.97. The summed E-state index contributed by atoms with van der Waals surface area (Å²) >= 11 is 1.36. The molecular weight excluding hydrogens is 338 g/mol. The lowest BCUT2D eigenvalue weighted by molar-refractivity contribution is -0.123. The first-order valence-electron chi connectivity index (χ1n) is 7.98. The van der Waals surface area contributed by atoms with Gasteiger partial charge in [0, 0.05) is 10.6 Å². The number of hydrogen-bond acceptors (Lipinski definition) is 4. The lowest BCUT2D eigenvalue weighted by atomic mass is 10.1. The fourth-order valence-electron chi connectivity index (χ4n) is 2.19. The predicted octanol–water partition coefficient (Wildman–Crippen LogP) is 2.10. The van der Waals surface area contributed by atoms with Crippen LogP contribution in [0.3, 0.4) is 0 Å². The standard InChI is InChI=1S/C18H21N3O3S/c1-3-13-6-4-5-7-14(13)21-17(23)11-19-16(22)10-20-18(24)15-9-8-12(2)25-15/h4-9H,3,10-11H2,1-2H3,(H,19,22)(H,20,24)(H,21,23). The monoisotopic (exact) mass is 359 g/mol. The van der Waals surface area contributed by atoms with Crippen molar-refractivity contribution in [3.63, 3.8) is 0 Å². The van der Waals surface area contributed by atoms with Crippen molar-refractivity contribution in [2.75, 3.05) is 18.4 Å². The maximum absolute atomic E-state index is 11.9. The van der Waals surface area contributed by atoms with E-state index in [-0.39, 0.29) is 24.9 Å². The molecule has 3 amide bonds. The third-order valence-corrected chi connectivity index (χ3v) is 4.49. The molecular formula is C18H21N3O3S. The normalized spacial score (nSPS) is 10.2. The summed E-state index contributed by atoms with van der Waals surface area (Å²) < 4.78 is 0. The van der Waals surface area contributed by atoms with Crippen molar-refractivity contribution in [2.24, 2.45) is 0 Å². The zero-order valence-electron chi connectivity index (χ0n) is 14.2. The number of thiophene rings is 1. The Bertz CT molecular complexity index is 770. The molecule has 25 heavy (non-hydrogen) atoms. The first kappa shape index (κ1) is 18.7. The first-order chi connectivity index (χ1) is 12.0. The second kappa shape index (κ2) is 8.98. The van der Waals surface area contributed by atoms with Crippen LogP contribution in [0.1, 0.15) is 27.0 Å². The number of benzene rings is 1. The number of aryl methyl sites for hydroxylation is 2. The fraction of sp³-hybridized carbons (Fsp3) is 0.278. The molecule has 0 saturated heterocycles. The summed E-state index contributed by atoms with van der Waals surface area (Å²) in [5, 5.41) is 7.79. The van der Waals surface area contributed by atoms with E-state index in [0.29, 0.717) is 4.88 Å². The van der Waals surface area contributed by atoms with Crippen molar-refractivity contribution in [1.82, 2.24) is 10.6 Å². The van der Waals surface area contributed by atoms with Crippen LogP contribution in [0, 0.1) is 6.92 Å². The summed E-state index contributed by atoms with van der Waals surface area (Å²) in [6, 6.07) is 11.1. The summed E-state index contributed by atoms with van der Waals surface area (Å²) in [5.74, 6) is -1.02. The van der Waals surface area contributed by atoms with Crippen LogP contribution in [-0.2, 0) is 16.0 Å². The van der Waals surface area contributed by atoms with Crippen LogP contribution in [0.2, 0.25) is 0 Å². The minimum atomic E-state index is -0.416. The van der Waals surface area contributed by atoms with Gasteiger partial charge in [0.2, 0.25) is 11.8 Å². The lowest BCUT2D eigenvalue weighted by Gasteiger charge is -2.10. The minimum absolute atomic E-state index is 0.148. The highest BCUT2D eigenvalue weighted by Crippen LogP contribution is 2.15. The van der Waals surface area contributed by atoms with Crippen LogP contribution >= 0.6 is 11.3 Å². The van der Waals surface area contributed by atoms with E-state index in [9.17, 15) is 14.4 Å². The number of carbonyl (C=O) groups excluding carboxylic acids is 3. The highest BCUT2D eigenvalue weighted by molar-refractivity contribution is 7.13. The van der Waals surface area contributed by atoms with Gasteiger partial charge >= 0.3 is 0 Å². The van der Waals surface area contributed by atoms with Crippen LogP contribution in [0.15, 0.2) is 36.4 Å². The molecule has 2 aromatic rings. The Hall–Kier alpha value is -2.67. The van der Waals surface area contributed by atoms with Gasteiger partial charge in [-0.2, -0.15) is 0 Å². The molecule has 0 bridgehead atoms. The Kier molecular flexibility index (Phi) is 6.71. The molecule has 0 aliphatic heterocycles. The van der Waals surface area contributed by atoms with Crippen LogP contribution in [-0.4, -0.2) is 30.8 Å². The van der Waals surface area contributed by atoms with Crippen molar-refractivity contribution in [3.05, 3.63) is 51.7 Å². The molecule has 1 heterocycles. The van der Waals surface area contributed by atoms with Crippen molar-refractivity contribution < 1.29 is 14.4 Å². The third-order valence-electron chi connectivity index (χ3n) is 3.49. The first-order valence-corrected chi connectivity index (χ1v) is 8.80. The Morgan fingerprint density at radius 1 is 0.960 bits per heavy atom. The SMILES string of the molecule is CCc1ccccc1NC(=O)CNC(=O)CNC(=O)c1ccc(C)s1. The number of hydrogen-bond donors (Lipinski definition) is 3. The molecule has 1 aromatic carbocycles. The number of anilines is 1. The molecule has 0 saturated carbocycles. The summed E-state index contributed by atoms with van der Waals surface area (Å²) in [5.41, 5.74) is 1.77. The molecule has 132 valence electrons. The second-order valence-corrected chi connectivity index (χ2v) is 6.72. The van der Waals surface area contributed by atoms with E-state index in [2.05, 4.69) is 16.0 Å². The average Bonchev–Trinajstić information content (AvgIpc) is 3.05. The van der Waals surface area contributed by atoms with E-state index in [1.165, 1.54) is 11.3 Å². The molecule has 6 nitrogen and oxygen atoms in total. The van der Waals surface area contributed by atoms with Crippen LogP contribution in [0.4, 0.5) is 5.69 Å². The number of carbonyl (C=O) groups is 3. The molecule has 0 aliphatic rings. The Balaban J connectivity index is 1.74. The van der Waals surface area contributed by atoms with Gasteiger partial charge in [0.25, 0.3) is 5.91 Å². The van der Waals surface area contributed by atoms with Crippen LogP contribution in [0.5, 0.6) is 0 Å². The summed E-state index contributed by atoms with van der Waals surface area (Å²) in [6.07, 6.45) is 0.803. The van der Waals surface area contributed by atoms with E-state index in [4.69, 9.17) is 0 Å². The van der Waals surface area contributed by atoms with E-state index < -0.39 is 5.91 Å². The number of rotatable bonds is 7. The van der Waals surface area contributed by atoms with E-state index in [0.717, 1.165) is 22.5 Å². The third kappa shape index (κ3) is 5.72. The molecule has 0 unspecified atom stereocenters. The van der Waals surface area contributed by atoms with Crippen LogP contribution in [0.25, 0.3) is 0 Å². The molecule has 0 aliphatic carbocycles. The van der Waals surface area contributed by atoms with Gasteiger partial charge in [0.05, 0.1) is 18.0 Å². The maximum Gasteiger partial charge on any atom is 0.261 e. The van der Waals surface area contributed by atoms with Crippen LogP contribution < -0.4 is 16.0 Å². The number of nitrogens with one attached hydrogen (secondary N) is 3. The Morgan fingerprint density at radius 3 is 2.36 bits per heavy atom. The largest absolute Gasteiger partial charge is 0.345 e. The van der Waals surface area contributed by atoms with Gasteiger partial charge in [0.1, 0.15) is 0 Å². The molecule has 1 aromatic heterocycles. The van der Waals surface area contributed by atoms with Gasteiger partial charge < -0.3 is 16.0 Å².